The Bertz CT molecular complexity index is 491. The number of thiazole rings is 1. The molecular weight excluding hydrogens is 232 g/mol. The molecule has 0 fully saturated rings. The third-order valence-electron chi connectivity index (χ3n) is 2.82. The lowest BCUT2D eigenvalue weighted by Gasteiger charge is -1.98. The van der Waals surface area contributed by atoms with Crippen molar-refractivity contribution in [3.05, 3.63) is 45.7 Å². The van der Waals surface area contributed by atoms with Crippen LogP contribution < -0.4 is 4.57 Å². The van der Waals surface area contributed by atoms with Gasteiger partial charge in [-0.1, -0.05) is 11.3 Å². The van der Waals surface area contributed by atoms with Gasteiger partial charge in [-0.3, -0.25) is 4.98 Å². The third-order valence-corrected chi connectivity index (χ3v) is 3.96. The maximum atomic E-state index is 8.96. The van der Waals surface area contributed by atoms with Crippen LogP contribution in [0.4, 0.5) is 0 Å². The van der Waals surface area contributed by atoms with E-state index in [0.29, 0.717) is 0 Å². The molecule has 0 bridgehead atoms. The minimum atomic E-state index is 0.216. The lowest BCUT2D eigenvalue weighted by molar-refractivity contribution is -0.689. The van der Waals surface area contributed by atoms with Gasteiger partial charge in [0.25, 0.3) is 0 Å². The van der Waals surface area contributed by atoms with E-state index < -0.39 is 0 Å². The molecule has 0 spiro atoms. The fourth-order valence-electron chi connectivity index (χ4n) is 1.74. The van der Waals surface area contributed by atoms with Crippen molar-refractivity contribution in [2.45, 2.75) is 26.8 Å². The summed E-state index contributed by atoms with van der Waals surface area (Å²) in [5, 5.41) is 8.96. The lowest BCUT2D eigenvalue weighted by atomic mass is 10.2. The van der Waals surface area contributed by atoms with E-state index in [1.54, 1.807) is 11.3 Å². The zero-order valence-corrected chi connectivity index (χ0v) is 11.0. The fraction of sp³-hybridized carbons (Fsp3) is 0.385. The van der Waals surface area contributed by atoms with Gasteiger partial charge in [0.05, 0.1) is 4.88 Å². The van der Waals surface area contributed by atoms with Crippen LogP contribution in [0.1, 0.15) is 21.8 Å². The van der Waals surface area contributed by atoms with Crippen LogP contribution in [0.25, 0.3) is 0 Å². The number of aromatic nitrogens is 2. The van der Waals surface area contributed by atoms with Gasteiger partial charge < -0.3 is 5.11 Å². The van der Waals surface area contributed by atoms with Crippen LogP contribution in [0.3, 0.4) is 0 Å². The summed E-state index contributed by atoms with van der Waals surface area (Å²) in [5.41, 5.74) is 5.60. The molecule has 0 radical (unpaired) electrons. The smallest absolute Gasteiger partial charge is 0.225 e. The van der Waals surface area contributed by atoms with Crippen molar-refractivity contribution >= 4 is 11.3 Å². The molecule has 0 unspecified atom stereocenters. The maximum Gasteiger partial charge on any atom is 0.225 e. The molecule has 0 aliphatic heterocycles. The van der Waals surface area contributed by atoms with Crippen LogP contribution in [0.15, 0.2) is 23.8 Å². The fourth-order valence-corrected chi connectivity index (χ4v) is 2.72. The summed E-state index contributed by atoms with van der Waals surface area (Å²) >= 11 is 1.71. The Balaban J connectivity index is 2.16. The largest absolute Gasteiger partial charge is 0.396 e. The zero-order valence-electron chi connectivity index (χ0n) is 10.2. The first-order chi connectivity index (χ1) is 8.20. The number of pyridine rings is 1. The van der Waals surface area contributed by atoms with Crippen LogP contribution in [-0.2, 0) is 13.0 Å². The molecule has 2 heterocycles. The molecular formula is C13H17N2OS+. The normalized spacial score (nSPS) is 10.8. The van der Waals surface area contributed by atoms with Crippen LogP contribution in [0.5, 0.6) is 0 Å². The van der Waals surface area contributed by atoms with Crippen LogP contribution >= 0.6 is 11.3 Å². The molecule has 90 valence electrons. The number of aliphatic hydroxyl groups excluding tert-OH is 1. The van der Waals surface area contributed by atoms with Crippen molar-refractivity contribution in [3.8, 4) is 0 Å². The van der Waals surface area contributed by atoms with Crippen molar-refractivity contribution in [2.24, 2.45) is 0 Å². The Labute approximate surface area is 105 Å². The first-order valence-corrected chi connectivity index (χ1v) is 6.57. The molecule has 17 heavy (non-hydrogen) atoms. The summed E-state index contributed by atoms with van der Waals surface area (Å²) in [6, 6.07) is 4.14. The summed E-state index contributed by atoms with van der Waals surface area (Å²) in [5.74, 6) is 0. The summed E-state index contributed by atoms with van der Waals surface area (Å²) in [6.07, 6.45) is 2.67. The molecule has 0 aliphatic carbocycles. The number of rotatable bonds is 4. The van der Waals surface area contributed by atoms with Crippen LogP contribution in [-0.4, -0.2) is 16.7 Å². The Morgan fingerprint density at radius 1 is 1.35 bits per heavy atom. The van der Waals surface area contributed by atoms with Gasteiger partial charge in [0.1, 0.15) is 0 Å². The van der Waals surface area contributed by atoms with Gasteiger partial charge in [-0.25, -0.2) is 0 Å². The van der Waals surface area contributed by atoms with Gasteiger partial charge in [-0.2, -0.15) is 4.57 Å². The van der Waals surface area contributed by atoms with Gasteiger partial charge in [0.2, 0.25) is 5.51 Å². The van der Waals surface area contributed by atoms with E-state index in [2.05, 4.69) is 28.1 Å². The molecule has 2 aromatic rings. The van der Waals surface area contributed by atoms with Gasteiger partial charge in [0, 0.05) is 37.4 Å². The third kappa shape index (κ3) is 2.90. The van der Waals surface area contributed by atoms with Crippen LogP contribution in [0, 0.1) is 13.8 Å². The van der Waals surface area contributed by atoms with Gasteiger partial charge in [-0.15, -0.1) is 0 Å². The molecule has 0 saturated heterocycles. The summed E-state index contributed by atoms with van der Waals surface area (Å²) in [7, 11) is 0. The highest BCUT2D eigenvalue weighted by atomic mass is 32.1. The van der Waals surface area contributed by atoms with Gasteiger partial charge in [0.15, 0.2) is 12.2 Å². The van der Waals surface area contributed by atoms with E-state index in [-0.39, 0.29) is 6.61 Å². The predicted octanol–water partition coefficient (Wildman–Crippen LogP) is 1.63. The highest BCUT2D eigenvalue weighted by Gasteiger charge is 2.14. The summed E-state index contributed by atoms with van der Waals surface area (Å²) in [6.45, 7) is 5.16. The Kier molecular flexibility index (Phi) is 3.86. The standard InChI is InChI=1S/C13H17N2OS/c1-10-3-4-12(7-14-10)8-15-9-17-13(5-6-16)11(15)2/h3-4,7,9,16H,5-6,8H2,1-2H3/q+1. The average molecular weight is 249 g/mol. The highest BCUT2D eigenvalue weighted by Crippen LogP contribution is 2.12. The van der Waals surface area contributed by atoms with Gasteiger partial charge >= 0.3 is 0 Å². The van der Waals surface area contributed by atoms with Crippen molar-refractivity contribution in [3.63, 3.8) is 0 Å². The SMILES string of the molecule is Cc1ccc(C[n+]2csc(CCO)c2C)cn1. The quantitative estimate of drug-likeness (QED) is 0.836. The second kappa shape index (κ2) is 5.38. The van der Waals surface area contributed by atoms with Crippen molar-refractivity contribution in [1.29, 1.82) is 0 Å². The first-order valence-electron chi connectivity index (χ1n) is 5.69. The van der Waals surface area contributed by atoms with E-state index in [1.807, 2.05) is 19.2 Å². The lowest BCUT2D eigenvalue weighted by Crippen LogP contribution is -2.35. The average Bonchev–Trinajstić information content (AvgIpc) is 2.65. The second-order valence-corrected chi connectivity index (χ2v) is 5.08. The predicted molar refractivity (Wildman–Crippen MR) is 68.1 cm³/mol. The molecule has 2 aromatic heterocycles. The second-order valence-electron chi connectivity index (χ2n) is 4.14. The molecule has 0 saturated carbocycles. The Morgan fingerprint density at radius 2 is 2.18 bits per heavy atom. The van der Waals surface area contributed by atoms with Gasteiger partial charge in [-0.05, 0) is 19.1 Å². The number of nitrogens with zero attached hydrogens (tertiary/aromatic N) is 2. The number of hydrogen-bond donors (Lipinski definition) is 1. The van der Waals surface area contributed by atoms with Crippen molar-refractivity contribution < 1.29 is 9.67 Å². The molecule has 1 N–H and O–H groups in total. The minimum Gasteiger partial charge on any atom is -0.396 e. The van der Waals surface area contributed by atoms with Crippen LogP contribution in [0.2, 0.25) is 0 Å². The molecule has 0 aliphatic rings. The molecule has 0 atom stereocenters. The minimum absolute atomic E-state index is 0.216. The summed E-state index contributed by atoms with van der Waals surface area (Å²) < 4.78 is 2.21. The molecule has 4 heteroatoms. The van der Waals surface area contributed by atoms with E-state index in [4.69, 9.17) is 5.11 Å². The number of aryl methyl sites for hydroxylation is 1. The molecule has 3 nitrogen and oxygen atoms in total. The summed E-state index contributed by atoms with van der Waals surface area (Å²) in [4.78, 5) is 5.56. The zero-order chi connectivity index (χ0) is 12.3. The molecule has 0 aromatic carbocycles. The molecule has 2 rings (SSSR count). The monoisotopic (exact) mass is 249 g/mol. The van der Waals surface area contributed by atoms with Crippen molar-refractivity contribution in [1.82, 2.24) is 4.98 Å². The van der Waals surface area contributed by atoms with E-state index in [1.165, 1.54) is 16.1 Å². The molecule has 0 amide bonds. The van der Waals surface area contributed by atoms with Crippen molar-refractivity contribution in [2.75, 3.05) is 6.61 Å². The highest BCUT2D eigenvalue weighted by molar-refractivity contribution is 7.09. The van der Waals surface area contributed by atoms with E-state index in [0.717, 1.165) is 18.7 Å². The van der Waals surface area contributed by atoms with E-state index >= 15 is 0 Å². The first kappa shape index (κ1) is 12.2. The number of aliphatic hydroxyl groups is 1. The Hall–Kier alpha value is -1.26. The van der Waals surface area contributed by atoms with E-state index in [9.17, 15) is 0 Å². The number of hydrogen-bond acceptors (Lipinski definition) is 3. The maximum absolute atomic E-state index is 8.96. The topological polar surface area (TPSA) is 37.0 Å². The Morgan fingerprint density at radius 3 is 2.82 bits per heavy atom.